The van der Waals surface area contributed by atoms with Crippen molar-refractivity contribution in [1.29, 1.82) is 0 Å². The number of piperidine rings is 1. The molecule has 0 unspecified atom stereocenters. The van der Waals surface area contributed by atoms with Gasteiger partial charge in [-0.3, -0.25) is 9.69 Å². The molecule has 3 nitrogen and oxygen atoms in total. The van der Waals surface area contributed by atoms with Crippen LogP contribution < -0.4 is 4.74 Å². The first-order valence-electron chi connectivity index (χ1n) is 7.65. The molecule has 0 spiro atoms. The van der Waals surface area contributed by atoms with Crippen LogP contribution in [0.5, 0.6) is 5.75 Å². The predicted molar refractivity (Wildman–Crippen MR) is 81.4 cm³/mol. The molecule has 0 bridgehead atoms. The summed E-state index contributed by atoms with van der Waals surface area (Å²) in [5.74, 6) is 0.697. The minimum Gasteiger partial charge on any atom is -0.493 e. The van der Waals surface area contributed by atoms with E-state index in [0.29, 0.717) is 30.0 Å². The quantitative estimate of drug-likeness (QED) is 0.587. The Kier molecular flexibility index (Phi) is 5.60. The van der Waals surface area contributed by atoms with E-state index in [1.165, 1.54) is 19.3 Å². The largest absolute Gasteiger partial charge is 0.493 e. The maximum atomic E-state index is 10.9. The molecule has 3 heteroatoms. The SMILES string of the molecule is C[C@@H]1CCC[C@@H](C)N1CCCOc1ccccc1C=O. The van der Waals surface area contributed by atoms with Crippen molar-refractivity contribution in [1.82, 2.24) is 4.90 Å². The third-order valence-corrected chi connectivity index (χ3v) is 4.24. The number of hydrogen-bond donors (Lipinski definition) is 0. The normalized spacial score (nSPS) is 23.5. The van der Waals surface area contributed by atoms with Crippen LogP contribution in [0.15, 0.2) is 24.3 Å². The molecular formula is C17H25NO2. The Morgan fingerprint density at radius 3 is 2.65 bits per heavy atom. The van der Waals surface area contributed by atoms with Crippen LogP contribution in [-0.2, 0) is 0 Å². The molecule has 110 valence electrons. The van der Waals surface area contributed by atoms with Crippen molar-refractivity contribution in [2.75, 3.05) is 13.2 Å². The van der Waals surface area contributed by atoms with Gasteiger partial charge in [0.15, 0.2) is 6.29 Å². The summed E-state index contributed by atoms with van der Waals surface area (Å²) < 4.78 is 5.73. The van der Waals surface area contributed by atoms with Crippen LogP contribution in [-0.4, -0.2) is 36.4 Å². The standard InChI is InChI=1S/C17H25NO2/c1-14-7-5-8-15(2)18(14)11-6-12-20-17-10-4-3-9-16(17)13-19/h3-4,9-10,13-15H,5-8,11-12H2,1-2H3/t14-,15-/m1/s1. The van der Waals surface area contributed by atoms with E-state index >= 15 is 0 Å². The third-order valence-electron chi connectivity index (χ3n) is 4.24. The molecule has 1 heterocycles. The molecule has 2 rings (SSSR count). The minimum absolute atomic E-state index is 0.632. The Bertz CT molecular complexity index is 423. The van der Waals surface area contributed by atoms with Gasteiger partial charge in [0.05, 0.1) is 12.2 Å². The average molecular weight is 275 g/mol. The lowest BCUT2D eigenvalue weighted by molar-refractivity contribution is 0.0959. The molecule has 1 saturated heterocycles. The van der Waals surface area contributed by atoms with Gasteiger partial charge in [-0.2, -0.15) is 0 Å². The van der Waals surface area contributed by atoms with Crippen LogP contribution in [0.3, 0.4) is 0 Å². The summed E-state index contributed by atoms with van der Waals surface area (Å²) in [5, 5.41) is 0. The number of benzene rings is 1. The third kappa shape index (κ3) is 3.83. The molecular weight excluding hydrogens is 250 g/mol. The zero-order valence-electron chi connectivity index (χ0n) is 12.5. The first-order valence-corrected chi connectivity index (χ1v) is 7.65. The second kappa shape index (κ2) is 7.44. The van der Waals surface area contributed by atoms with Crippen molar-refractivity contribution in [3.8, 4) is 5.75 Å². The van der Waals surface area contributed by atoms with E-state index in [1.807, 2.05) is 18.2 Å². The van der Waals surface area contributed by atoms with E-state index in [1.54, 1.807) is 6.07 Å². The predicted octanol–water partition coefficient (Wildman–Crippen LogP) is 3.53. The zero-order chi connectivity index (χ0) is 14.4. The fourth-order valence-electron chi connectivity index (χ4n) is 3.05. The van der Waals surface area contributed by atoms with Gasteiger partial charge in [-0.25, -0.2) is 0 Å². The van der Waals surface area contributed by atoms with Gasteiger partial charge in [0, 0.05) is 18.6 Å². The van der Waals surface area contributed by atoms with Crippen LogP contribution in [0.4, 0.5) is 0 Å². The first-order chi connectivity index (χ1) is 9.72. The molecule has 1 aliphatic heterocycles. The van der Waals surface area contributed by atoms with Crippen LogP contribution in [0, 0.1) is 0 Å². The highest BCUT2D eigenvalue weighted by Crippen LogP contribution is 2.22. The van der Waals surface area contributed by atoms with Gasteiger partial charge in [0.1, 0.15) is 5.75 Å². The Hall–Kier alpha value is -1.35. The van der Waals surface area contributed by atoms with Gasteiger partial charge in [-0.15, -0.1) is 0 Å². The summed E-state index contributed by atoms with van der Waals surface area (Å²) in [6, 6.07) is 8.76. The maximum absolute atomic E-state index is 10.9. The molecule has 1 aromatic rings. The number of hydrogen-bond acceptors (Lipinski definition) is 3. The summed E-state index contributed by atoms with van der Waals surface area (Å²) in [6.45, 7) is 6.38. The monoisotopic (exact) mass is 275 g/mol. The molecule has 1 aromatic carbocycles. The van der Waals surface area contributed by atoms with Gasteiger partial charge in [0.2, 0.25) is 0 Å². The average Bonchev–Trinajstić information content (AvgIpc) is 2.46. The van der Waals surface area contributed by atoms with E-state index in [9.17, 15) is 4.79 Å². The fourth-order valence-corrected chi connectivity index (χ4v) is 3.05. The zero-order valence-corrected chi connectivity index (χ0v) is 12.5. The molecule has 0 radical (unpaired) electrons. The van der Waals surface area contributed by atoms with E-state index in [0.717, 1.165) is 19.3 Å². The molecule has 20 heavy (non-hydrogen) atoms. The fraction of sp³-hybridized carbons (Fsp3) is 0.588. The molecule has 1 fully saturated rings. The van der Waals surface area contributed by atoms with Crippen LogP contribution in [0.1, 0.15) is 49.9 Å². The molecule has 0 aliphatic carbocycles. The molecule has 0 N–H and O–H groups in total. The van der Waals surface area contributed by atoms with Crippen molar-refractivity contribution < 1.29 is 9.53 Å². The van der Waals surface area contributed by atoms with Crippen molar-refractivity contribution in [2.24, 2.45) is 0 Å². The number of nitrogens with zero attached hydrogens (tertiary/aromatic N) is 1. The molecule has 0 aromatic heterocycles. The Labute approximate surface area is 121 Å². The summed E-state index contributed by atoms with van der Waals surface area (Å²) in [6.07, 6.45) is 5.81. The van der Waals surface area contributed by atoms with Gasteiger partial charge in [0.25, 0.3) is 0 Å². The van der Waals surface area contributed by atoms with E-state index in [-0.39, 0.29) is 0 Å². The number of rotatable bonds is 6. The second-order valence-corrected chi connectivity index (χ2v) is 5.72. The van der Waals surface area contributed by atoms with Crippen LogP contribution in [0.25, 0.3) is 0 Å². The molecule has 1 aliphatic rings. The van der Waals surface area contributed by atoms with Gasteiger partial charge < -0.3 is 4.74 Å². The second-order valence-electron chi connectivity index (χ2n) is 5.72. The highest BCUT2D eigenvalue weighted by molar-refractivity contribution is 5.79. The Balaban J connectivity index is 1.77. The van der Waals surface area contributed by atoms with Crippen molar-refractivity contribution >= 4 is 6.29 Å². The van der Waals surface area contributed by atoms with Gasteiger partial charge in [-0.05, 0) is 45.2 Å². The van der Waals surface area contributed by atoms with Gasteiger partial charge in [-0.1, -0.05) is 18.6 Å². The summed E-state index contributed by atoms with van der Waals surface area (Å²) >= 11 is 0. The summed E-state index contributed by atoms with van der Waals surface area (Å²) in [4.78, 5) is 13.5. The molecule has 2 atom stereocenters. The Morgan fingerprint density at radius 2 is 1.95 bits per heavy atom. The molecule has 0 saturated carbocycles. The highest BCUT2D eigenvalue weighted by Gasteiger charge is 2.23. The first kappa shape index (κ1) is 15.0. The summed E-state index contributed by atoms with van der Waals surface area (Å²) in [5.41, 5.74) is 0.632. The lowest BCUT2D eigenvalue weighted by atomic mass is 9.97. The number of aldehydes is 1. The van der Waals surface area contributed by atoms with E-state index in [2.05, 4.69) is 18.7 Å². The maximum Gasteiger partial charge on any atom is 0.153 e. The summed E-state index contributed by atoms with van der Waals surface area (Å²) in [7, 11) is 0. The highest BCUT2D eigenvalue weighted by atomic mass is 16.5. The topological polar surface area (TPSA) is 29.5 Å². The van der Waals surface area contributed by atoms with Crippen molar-refractivity contribution in [3.63, 3.8) is 0 Å². The van der Waals surface area contributed by atoms with E-state index in [4.69, 9.17) is 4.74 Å². The van der Waals surface area contributed by atoms with Crippen molar-refractivity contribution in [3.05, 3.63) is 29.8 Å². The lowest BCUT2D eigenvalue weighted by Gasteiger charge is -2.39. The van der Waals surface area contributed by atoms with E-state index < -0.39 is 0 Å². The number of ether oxygens (including phenoxy) is 1. The number of para-hydroxylation sites is 1. The number of carbonyl (C=O) groups excluding carboxylic acids is 1. The smallest absolute Gasteiger partial charge is 0.153 e. The number of likely N-dealkylation sites (tertiary alicyclic amines) is 1. The minimum atomic E-state index is 0.632. The number of carbonyl (C=O) groups is 1. The lowest BCUT2D eigenvalue weighted by Crippen LogP contribution is -2.44. The van der Waals surface area contributed by atoms with Crippen molar-refractivity contribution in [2.45, 2.75) is 51.6 Å². The van der Waals surface area contributed by atoms with Gasteiger partial charge >= 0.3 is 0 Å². The van der Waals surface area contributed by atoms with Crippen LogP contribution >= 0.6 is 0 Å². The molecule has 0 amide bonds. The Morgan fingerprint density at radius 1 is 1.25 bits per heavy atom. The van der Waals surface area contributed by atoms with Crippen LogP contribution in [0.2, 0.25) is 0 Å².